The van der Waals surface area contributed by atoms with Crippen molar-refractivity contribution in [1.82, 2.24) is 5.32 Å². The van der Waals surface area contributed by atoms with Gasteiger partial charge in [-0.1, -0.05) is 6.07 Å². The molecule has 0 heterocycles. The van der Waals surface area contributed by atoms with Gasteiger partial charge in [0, 0.05) is 26.4 Å². The zero-order valence-corrected chi connectivity index (χ0v) is 9.96. The molecule has 1 rings (SSSR count). The maximum atomic E-state index is 11.8. The van der Waals surface area contributed by atoms with Gasteiger partial charge < -0.3 is 15.4 Å². The first kappa shape index (κ1) is 12.5. The summed E-state index contributed by atoms with van der Waals surface area (Å²) in [6.07, 6.45) is 0. The van der Waals surface area contributed by atoms with Crippen LogP contribution in [0, 0.1) is 6.92 Å². The normalized spacial score (nSPS) is 9.94. The van der Waals surface area contributed by atoms with Gasteiger partial charge in [-0.05, 0) is 24.6 Å². The number of carbonyl (C=O) groups is 1. The average Bonchev–Trinajstić information content (AvgIpc) is 2.29. The highest BCUT2D eigenvalue weighted by Gasteiger charge is 2.09. The maximum Gasteiger partial charge on any atom is 0.253 e. The minimum atomic E-state index is -0.0820. The summed E-state index contributed by atoms with van der Waals surface area (Å²) in [5.41, 5.74) is 2.62. The van der Waals surface area contributed by atoms with Crippen molar-refractivity contribution in [2.45, 2.75) is 6.92 Å². The van der Waals surface area contributed by atoms with Crippen molar-refractivity contribution in [3.05, 3.63) is 29.3 Å². The molecular weight excluding hydrogens is 204 g/mol. The highest BCUT2D eigenvalue weighted by molar-refractivity contribution is 5.99. The van der Waals surface area contributed by atoms with E-state index in [1.165, 1.54) is 0 Å². The molecular formula is C12H18N2O2. The molecule has 16 heavy (non-hydrogen) atoms. The minimum absolute atomic E-state index is 0.0820. The van der Waals surface area contributed by atoms with E-state index in [1.807, 2.05) is 25.1 Å². The fraction of sp³-hybridized carbons (Fsp3) is 0.417. The first-order valence-corrected chi connectivity index (χ1v) is 5.24. The van der Waals surface area contributed by atoms with Crippen molar-refractivity contribution in [3.8, 4) is 0 Å². The molecule has 0 aliphatic carbocycles. The summed E-state index contributed by atoms with van der Waals surface area (Å²) < 4.78 is 4.87. The predicted octanol–water partition coefficient (Wildman–Crippen LogP) is 1.41. The number of nitrogens with one attached hydrogen (secondary N) is 2. The van der Waals surface area contributed by atoms with Crippen LogP contribution in [0.4, 0.5) is 5.69 Å². The second-order valence-electron chi connectivity index (χ2n) is 3.55. The third-order valence-electron chi connectivity index (χ3n) is 2.28. The summed E-state index contributed by atoms with van der Waals surface area (Å²) in [5.74, 6) is -0.0820. The average molecular weight is 222 g/mol. The fourth-order valence-corrected chi connectivity index (χ4v) is 1.42. The number of methoxy groups -OCH3 is 1. The number of ether oxygens (including phenoxy) is 1. The molecule has 0 saturated carbocycles. The van der Waals surface area contributed by atoms with E-state index < -0.39 is 0 Å². The van der Waals surface area contributed by atoms with Gasteiger partial charge in [0.1, 0.15) is 0 Å². The van der Waals surface area contributed by atoms with Crippen molar-refractivity contribution in [3.63, 3.8) is 0 Å². The smallest absolute Gasteiger partial charge is 0.253 e. The standard InChI is InChI=1S/C12H18N2O2/c1-9-4-5-10(11(8-9)13-2)12(15)14-6-7-16-3/h4-5,8,13H,6-7H2,1-3H3,(H,14,15). The van der Waals surface area contributed by atoms with E-state index in [2.05, 4.69) is 10.6 Å². The summed E-state index contributed by atoms with van der Waals surface area (Å²) in [6, 6.07) is 5.70. The molecule has 1 amide bonds. The van der Waals surface area contributed by atoms with Crippen LogP contribution in [0.15, 0.2) is 18.2 Å². The number of anilines is 1. The molecule has 0 fully saturated rings. The summed E-state index contributed by atoms with van der Waals surface area (Å²) in [6.45, 7) is 3.03. The van der Waals surface area contributed by atoms with Crippen LogP contribution in [-0.2, 0) is 4.74 Å². The Morgan fingerprint density at radius 2 is 2.19 bits per heavy atom. The summed E-state index contributed by atoms with van der Waals surface area (Å²) >= 11 is 0. The van der Waals surface area contributed by atoms with E-state index in [0.717, 1.165) is 11.3 Å². The Bertz CT molecular complexity index is 364. The minimum Gasteiger partial charge on any atom is -0.387 e. The van der Waals surface area contributed by atoms with Crippen LogP contribution in [0.1, 0.15) is 15.9 Å². The largest absolute Gasteiger partial charge is 0.387 e. The topological polar surface area (TPSA) is 50.4 Å². The van der Waals surface area contributed by atoms with Gasteiger partial charge in [-0.25, -0.2) is 0 Å². The fourth-order valence-electron chi connectivity index (χ4n) is 1.42. The molecule has 0 atom stereocenters. The summed E-state index contributed by atoms with van der Waals surface area (Å²) in [4.78, 5) is 11.8. The molecule has 0 unspecified atom stereocenters. The number of hydrogen-bond donors (Lipinski definition) is 2. The molecule has 4 nitrogen and oxygen atoms in total. The number of carbonyl (C=O) groups excluding carboxylic acids is 1. The van der Waals surface area contributed by atoms with Crippen molar-refractivity contribution in [2.75, 3.05) is 32.6 Å². The van der Waals surface area contributed by atoms with Gasteiger partial charge in [0.15, 0.2) is 0 Å². The van der Waals surface area contributed by atoms with Crippen LogP contribution in [0.5, 0.6) is 0 Å². The number of rotatable bonds is 5. The van der Waals surface area contributed by atoms with Crippen molar-refractivity contribution in [2.24, 2.45) is 0 Å². The Hall–Kier alpha value is -1.55. The lowest BCUT2D eigenvalue weighted by atomic mass is 10.1. The molecule has 0 spiro atoms. The number of benzene rings is 1. The highest BCUT2D eigenvalue weighted by Crippen LogP contribution is 2.16. The Morgan fingerprint density at radius 1 is 1.44 bits per heavy atom. The zero-order chi connectivity index (χ0) is 12.0. The van der Waals surface area contributed by atoms with E-state index in [4.69, 9.17) is 4.74 Å². The molecule has 1 aromatic rings. The van der Waals surface area contributed by atoms with Gasteiger partial charge in [-0.15, -0.1) is 0 Å². The van der Waals surface area contributed by atoms with Crippen LogP contribution >= 0.6 is 0 Å². The van der Waals surface area contributed by atoms with Gasteiger partial charge >= 0.3 is 0 Å². The second-order valence-corrected chi connectivity index (χ2v) is 3.55. The lowest BCUT2D eigenvalue weighted by molar-refractivity contribution is 0.0938. The Morgan fingerprint density at radius 3 is 2.81 bits per heavy atom. The van der Waals surface area contributed by atoms with Gasteiger partial charge in [-0.3, -0.25) is 4.79 Å². The zero-order valence-electron chi connectivity index (χ0n) is 9.96. The molecule has 1 aromatic carbocycles. The molecule has 0 aliphatic heterocycles. The molecule has 0 aromatic heterocycles. The predicted molar refractivity (Wildman–Crippen MR) is 64.9 cm³/mol. The lowest BCUT2D eigenvalue weighted by Crippen LogP contribution is -2.27. The maximum absolute atomic E-state index is 11.8. The first-order valence-electron chi connectivity index (χ1n) is 5.24. The Labute approximate surface area is 96.0 Å². The Balaban J connectivity index is 2.74. The van der Waals surface area contributed by atoms with Crippen LogP contribution in [0.3, 0.4) is 0 Å². The highest BCUT2D eigenvalue weighted by atomic mass is 16.5. The van der Waals surface area contributed by atoms with Crippen molar-refractivity contribution in [1.29, 1.82) is 0 Å². The van der Waals surface area contributed by atoms with Gasteiger partial charge in [0.2, 0.25) is 0 Å². The third-order valence-corrected chi connectivity index (χ3v) is 2.28. The van der Waals surface area contributed by atoms with Gasteiger partial charge in [0.05, 0.1) is 12.2 Å². The third kappa shape index (κ3) is 3.24. The van der Waals surface area contributed by atoms with Crippen LogP contribution in [-0.4, -0.2) is 33.2 Å². The van der Waals surface area contributed by atoms with E-state index in [1.54, 1.807) is 14.2 Å². The van der Waals surface area contributed by atoms with E-state index in [0.29, 0.717) is 18.7 Å². The molecule has 0 aliphatic rings. The molecule has 0 radical (unpaired) electrons. The van der Waals surface area contributed by atoms with Gasteiger partial charge in [0.25, 0.3) is 5.91 Å². The summed E-state index contributed by atoms with van der Waals surface area (Å²) in [7, 11) is 3.41. The molecule has 4 heteroatoms. The number of amides is 1. The van der Waals surface area contributed by atoms with E-state index in [9.17, 15) is 4.79 Å². The van der Waals surface area contributed by atoms with E-state index >= 15 is 0 Å². The molecule has 88 valence electrons. The summed E-state index contributed by atoms with van der Waals surface area (Å²) in [5, 5.41) is 5.81. The van der Waals surface area contributed by atoms with Crippen LogP contribution in [0.25, 0.3) is 0 Å². The molecule has 0 saturated heterocycles. The number of hydrogen-bond acceptors (Lipinski definition) is 3. The molecule has 0 bridgehead atoms. The van der Waals surface area contributed by atoms with Crippen molar-refractivity contribution >= 4 is 11.6 Å². The van der Waals surface area contributed by atoms with Crippen molar-refractivity contribution < 1.29 is 9.53 Å². The lowest BCUT2D eigenvalue weighted by Gasteiger charge is -2.10. The number of aryl methyl sites for hydroxylation is 1. The van der Waals surface area contributed by atoms with Crippen LogP contribution in [0.2, 0.25) is 0 Å². The van der Waals surface area contributed by atoms with E-state index in [-0.39, 0.29) is 5.91 Å². The Kier molecular flexibility index (Phi) is 4.79. The molecule has 2 N–H and O–H groups in total. The quantitative estimate of drug-likeness (QED) is 0.741. The van der Waals surface area contributed by atoms with Crippen LogP contribution < -0.4 is 10.6 Å². The van der Waals surface area contributed by atoms with Gasteiger partial charge in [-0.2, -0.15) is 0 Å². The SMILES string of the molecule is CNc1cc(C)ccc1C(=O)NCCOC. The second kappa shape index (κ2) is 6.12. The first-order chi connectivity index (χ1) is 7.69. The monoisotopic (exact) mass is 222 g/mol.